The summed E-state index contributed by atoms with van der Waals surface area (Å²) < 4.78 is 7.32. The molecule has 112 valence electrons. The van der Waals surface area contributed by atoms with Crippen molar-refractivity contribution in [3.8, 4) is 5.75 Å². The summed E-state index contributed by atoms with van der Waals surface area (Å²) in [4.78, 5) is 4.37. The number of ether oxygens (including phenoxy) is 1. The van der Waals surface area contributed by atoms with Crippen LogP contribution in [0, 0.1) is 0 Å². The second-order valence-corrected chi connectivity index (χ2v) is 5.09. The van der Waals surface area contributed by atoms with Gasteiger partial charge in [0, 0.05) is 24.9 Å². The Kier molecular flexibility index (Phi) is 4.47. The summed E-state index contributed by atoms with van der Waals surface area (Å²) >= 11 is 0. The largest absolute Gasteiger partial charge is 0.496 e. The molecule has 6 nitrogen and oxygen atoms in total. The molecule has 0 bridgehead atoms. The number of nitrogens with zero attached hydrogens (tertiary/aromatic N) is 3. The fourth-order valence-corrected chi connectivity index (χ4v) is 2.26. The molecule has 0 aliphatic carbocycles. The normalized spacial score (nSPS) is 11.9. The number of hydrogen-bond acceptors (Lipinski definition) is 4. The van der Waals surface area contributed by atoms with Gasteiger partial charge in [-0.05, 0) is 17.7 Å². The molecule has 1 heterocycles. The monoisotopic (exact) mass is 288 g/mol. The predicted octanol–water partition coefficient (Wildman–Crippen LogP) is 2.16. The molecular formula is C15H20N4O2. The van der Waals surface area contributed by atoms with Crippen molar-refractivity contribution in [3.05, 3.63) is 47.5 Å². The minimum Gasteiger partial charge on any atom is -0.496 e. The van der Waals surface area contributed by atoms with Gasteiger partial charge < -0.3 is 20.2 Å². The zero-order valence-electron chi connectivity index (χ0n) is 12.4. The van der Waals surface area contributed by atoms with Gasteiger partial charge in [-0.15, -0.1) is 0 Å². The van der Waals surface area contributed by atoms with Crippen molar-refractivity contribution in [1.82, 2.24) is 9.55 Å². The van der Waals surface area contributed by atoms with Crippen LogP contribution in [0.5, 0.6) is 5.75 Å². The van der Waals surface area contributed by atoms with Crippen LogP contribution >= 0.6 is 0 Å². The molecule has 6 heteroatoms. The first-order valence-electron chi connectivity index (χ1n) is 6.72. The summed E-state index contributed by atoms with van der Waals surface area (Å²) in [6.45, 7) is 4.88. The first kappa shape index (κ1) is 14.9. The summed E-state index contributed by atoms with van der Waals surface area (Å²) in [5, 5.41) is 11.9. The number of benzene rings is 1. The van der Waals surface area contributed by atoms with Crippen LogP contribution in [0.2, 0.25) is 0 Å². The van der Waals surface area contributed by atoms with Crippen LogP contribution in [-0.4, -0.2) is 27.7 Å². The average Bonchev–Trinajstić information content (AvgIpc) is 2.94. The number of imidazole rings is 1. The van der Waals surface area contributed by atoms with E-state index in [0.29, 0.717) is 23.8 Å². The van der Waals surface area contributed by atoms with E-state index in [4.69, 9.17) is 15.7 Å². The Hall–Kier alpha value is -2.50. The van der Waals surface area contributed by atoms with Crippen molar-refractivity contribution in [1.29, 1.82) is 0 Å². The Labute approximate surface area is 123 Å². The number of oxime groups is 1. The van der Waals surface area contributed by atoms with Gasteiger partial charge >= 0.3 is 0 Å². The Morgan fingerprint density at radius 1 is 1.48 bits per heavy atom. The van der Waals surface area contributed by atoms with Crippen LogP contribution in [0.1, 0.15) is 36.7 Å². The molecule has 0 radical (unpaired) electrons. The van der Waals surface area contributed by atoms with E-state index >= 15 is 0 Å². The highest BCUT2D eigenvalue weighted by molar-refractivity contribution is 5.99. The van der Waals surface area contributed by atoms with Gasteiger partial charge in [0.15, 0.2) is 5.84 Å². The number of nitrogens with two attached hydrogens (primary N) is 1. The van der Waals surface area contributed by atoms with Gasteiger partial charge in [-0.3, -0.25) is 0 Å². The van der Waals surface area contributed by atoms with E-state index in [9.17, 15) is 0 Å². The molecule has 0 saturated heterocycles. The van der Waals surface area contributed by atoms with Gasteiger partial charge in [0.2, 0.25) is 0 Å². The third-order valence-electron chi connectivity index (χ3n) is 3.26. The number of methoxy groups -OCH3 is 1. The average molecular weight is 288 g/mol. The van der Waals surface area contributed by atoms with Gasteiger partial charge in [0.05, 0.1) is 12.7 Å². The molecule has 1 aromatic heterocycles. The maximum absolute atomic E-state index is 8.86. The summed E-state index contributed by atoms with van der Waals surface area (Å²) in [5.41, 5.74) is 7.29. The van der Waals surface area contributed by atoms with Crippen LogP contribution in [0.25, 0.3) is 0 Å². The van der Waals surface area contributed by atoms with Gasteiger partial charge in [-0.2, -0.15) is 0 Å². The van der Waals surface area contributed by atoms with E-state index in [2.05, 4.69) is 28.6 Å². The zero-order chi connectivity index (χ0) is 15.4. The van der Waals surface area contributed by atoms with Crippen LogP contribution < -0.4 is 10.5 Å². The molecule has 0 unspecified atom stereocenters. The quantitative estimate of drug-likeness (QED) is 0.382. The standard InChI is InChI=1S/C15H20N4O2/c1-10(2)15-17-6-7-19(15)9-11-4-5-13(21-3)12(8-11)14(16)18-20/h4-8,10,20H,9H2,1-3H3,(H2,16,18). The van der Waals surface area contributed by atoms with E-state index in [0.717, 1.165) is 11.4 Å². The Bertz CT molecular complexity index is 647. The Balaban J connectivity index is 2.35. The molecule has 21 heavy (non-hydrogen) atoms. The fraction of sp³-hybridized carbons (Fsp3) is 0.333. The molecule has 0 amide bonds. The smallest absolute Gasteiger partial charge is 0.173 e. The first-order valence-corrected chi connectivity index (χ1v) is 6.72. The number of rotatable bonds is 5. The molecule has 0 aliphatic heterocycles. The summed E-state index contributed by atoms with van der Waals surface area (Å²) in [6.07, 6.45) is 3.74. The second-order valence-electron chi connectivity index (χ2n) is 5.09. The third-order valence-corrected chi connectivity index (χ3v) is 3.26. The molecule has 0 fully saturated rings. The number of amidine groups is 1. The van der Waals surface area contributed by atoms with Crippen LogP contribution in [-0.2, 0) is 6.54 Å². The molecule has 0 aliphatic rings. The fourth-order valence-electron chi connectivity index (χ4n) is 2.26. The lowest BCUT2D eigenvalue weighted by molar-refractivity contribution is 0.318. The van der Waals surface area contributed by atoms with Crippen molar-refractivity contribution in [2.75, 3.05) is 7.11 Å². The zero-order valence-corrected chi connectivity index (χ0v) is 12.4. The van der Waals surface area contributed by atoms with Gasteiger partial charge in [-0.25, -0.2) is 4.98 Å². The summed E-state index contributed by atoms with van der Waals surface area (Å²) in [5.74, 6) is 1.98. The molecule has 2 aromatic rings. The SMILES string of the molecule is COc1ccc(Cn2ccnc2C(C)C)cc1C(N)=NO. The Morgan fingerprint density at radius 3 is 2.86 bits per heavy atom. The minimum absolute atomic E-state index is 0.0309. The lowest BCUT2D eigenvalue weighted by atomic mass is 10.1. The maximum atomic E-state index is 8.86. The highest BCUT2D eigenvalue weighted by atomic mass is 16.5. The van der Waals surface area contributed by atoms with Gasteiger partial charge in [0.25, 0.3) is 0 Å². The third kappa shape index (κ3) is 3.16. The molecule has 3 N–H and O–H groups in total. The van der Waals surface area contributed by atoms with E-state index in [-0.39, 0.29) is 5.84 Å². The van der Waals surface area contributed by atoms with E-state index in [1.807, 2.05) is 24.4 Å². The molecular weight excluding hydrogens is 268 g/mol. The summed E-state index contributed by atoms with van der Waals surface area (Å²) in [7, 11) is 1.55. The maximum Gasteiger partial charge on any atom is 0.173 e. The first-order chi connectivity index (χ1) is 10.1. The molecule has 1 aromatic carbocycles. The minimum atomic E-state index is 0.0309. The van der Waals surface area contributed by atoms with Crippen LogP contribution in [0.15, 0.2) is 35.7 Å². The van der Waals surface area contributed by atoms with Crippen LogP contribution in [0.3, 0.4) is 0 Å². The van der Waals surface area contributed by atoms with Crippen molar-refractivity contribution >= 4 is 5.84 Å². The second kappa shape index (κ2) is 6.30. The molecule has 0 atom stereocenters. The summed E-state index contributed by atoms with van der Waals surface area (Å²) in [6, 6.07) is 5.63. The predicted molar refractivity (Wildman–Crippen MR) is 80.9 cm³/mol. The van der Waals surface area contributed by atoms with E-state index in [1.54, 1.807) is 13.3 Å². The van der Waals surface area contributed by atoms with Crippen molar-refractivity contribution in [2.45, 2.75) is 26.3 Å². The highest BCUT2D eigenvalue weighted by Gasteiger charge is 2.11. The van der Waals surface area contributed by atoms with E-state index < -0.39 is 0 Å². The topological polar surface area (TPSA) is 85.7 Å². The lowest BCUT2D eigenvalue weighted by Gasteiger charge is -2.13. The van der Waals surface area contributed by atoms with Gasteiger partial charge in [-0.1, -0.05) is 25.1 Å². The van der Waals surface area contributed by atoms with Crippen LogP contribution in [0.4, 0.5) is 0 Å². The number of hydrogen-bond donors (Lipinski definition) is 2. The molecule has 0 spiro atoms. The van der Waals surface area contributed by atoms with Gasteiger partial charge in [0.1, 0.15) is 11.6 Å². The van der Waals surface area contributed by atoms with E-state index in [1.165, 1.54) is 0 Å². The van der Waals surface area contributed by atoms with Crippen molar-refractivity contribution in [3.63, 3.8) is 0 Å². The highest BCUT2D eigenvalue weighted by Crippen LogP contribution is 2.21. The molecule has 0 saturated carbocycles. The van der Waals surface area contributed by atoms with Crippen molar-refractivity contribution < 1.29 is 9.94 Å². The molecule has 2 rings (SSSR count). The number of aromatic nitrogens is 2. The van der Waals surface area contributed by atoms with Crippen molar-refractivity contribution in [2.24, 2.45) is 10.9 Å². The Morgan fingerprint density at radius 2 is 2.24 bits per heavy atom. The lowest BCUT2D eigenvalue weighted by Crippen LogP contribution is -2.15.